The SMILES string of the molecule is Fc1cc(F)c(CC(c2ccccc2)c2ccccc2)c(F)c1. The highest BCUT2D eigenvalue weighted by atomic mass is 19.1. The molecule has 0 N–H and O–H groups in total. The third kappa shape index (κ3) is 3.45. The lowest BCUT2D eigenvalue weighted by Gasteiger charge is -2.19. The molecule has 0 saturated heterocycles. The molecule has 3 aromatic rings. The predicted molar refractivity (Wildman–Crippen MR) is 84.7 cm³/mol. The molecule has 3 aromatic carbocycles. The van der Waals surface area contributed by atoms with Gasteiger partial charge in [0.15, 0.2) is 0 Å². The van der Waals surface area contributed by atoms with Crippen LogP contribution in [-0.2, 0) is 6.42 Å². The molecule has 116 valence electrons. The van der Waals surface area contributed by atoms with Crippen molar-refractivity contribution in [3.05, 3.63) is 107 Å². The Balaban J connectivity index is 2.04. The largest absolute Gasteiger partial charge is 0.207 e. The minimum absolute atomic E-state index is 0.0934. The van der Waals surface area contributed by atoms with Crippen molar-refractivity contribution in [3.8, 4) is 0 Å². The van der Waals surface area contributed by atoms with Crippen molar-refractivity contribution in [1.82, 2.24) is 0 Å². The van der Waals surface area contributed by atoms with E-state index in [1.807, 2.05) is 60.7 Å². The van der Waals surface area contributed by atoms with Crippen molar-refractivity contribution in [1.29, 1.82) is 0 Å². The molecule has 0 saturated carbocycles. The van der Waals surface area contributed by atoms with Crippen LogP contribution in [0, 0.1) is 17.5 Å². The summed E-state index contributed by atoms with van der Waals surface area (Å²) in [6.45, 7) is 0. The molecule has 0 nitrogen and oxygen atoms in total. The van der Waals surface area contributed by atoms with Gasteiger partial charge in [-0.25, -0.2) is 13.2 Å². The van der Waals surface area contributed by atoms with E-state index in [-0.39, 0.29) is 17.9 Å². The predicted octanol–water partition coefficient (Wildman–Crippen LogP) is 5.48. The number of hydrogen-bond acceptors (Lipinski definition) is 0. The van der Waals surface area contributed by atoms with Gasteiger partial charge in [-0.1, -0.05) is 60.7 Å². The molecule has 0 radical (unpaired) electrons. The van der Waals surface area contributed by atoms with Crippen LogP contribution in [0.3, 0.4) is 0 Å². The number of hydrogen-bond donors (Lipinski definition) is 0. The van der Waals surface area contributed by atoms with Gasteiger partial charge in [0.1, 0.15) is 17.5 Å². The fourth-order valence-corrected chi connectivity index (χ4v) is 2.77. The van der Waals surface area contributed by atoms with Crippen LogP contribution in [0.1, 0.15) is 22.6 Å². The standard InChI is InChI=1S/C20H15F3/c21-16-11-19(22)18(20(23)12-16)13-17(14-7-3-1-4-8-14)15-9-5-2-6-10-15/h1-12,17H,13H2. The maximum Gasteiger partial charge on any atom is 0.132 e. The summed E-state index contributed by atoms with van der Waals surface area (Å²) in [5, 5.41) is 0. The van der Waals surface area contributed by atoms with Crippen LogP contribution in [0.2, 0.25) is 0 Å². The van der Waals surface area contributed by atoms with Gasteiger partial charge in [0, 0.05) is 23.6 Å². The van der Waals surface area contributed by atoms with Crippen LogP contribution in [0.5, 0.6) is 0 Å². The summed E-state index contributed by atoms with van der Waals surface area (Å²) in [5.74, 6) is -2.80. The van der Waals surface area contributed by atoms with E-state index in [4.69, 9.17) is 0 Å². The molecule has 0 heterocycles. The Hall–Kier alpha value is -2.55. The first kappa shape index (κ1) is 15.3. The molecule has 0 atom stereocenters. The highest BCUT2D eigenvalue weighted by Gasteiger charge is 2.20. The molecule has 0 unspecified atom stereocenters. The summed E-state index contributed by atoms with van der Waals surface area (Å²) in [4.78, 5) is 0. The monoisotopic (exact) mass is 312 g/mol. The molecule has 0 aromatic heterocycles. The molecule has 0 aliphatic carbocycles. The fourth-order valence-electron chi connectivity index (χ4n) is 2.77. The summed E-state index contributed by atoms with van der Waals surface area (Å²) >= 11 is 0. The van der Waals surface area contributed by atoms with Crippen molar-refractivity contribution < 1.29 is 13.2 Å². The zero-order valence-corrected chi connectivity index (χ0v) is 12.3. The number of rotatable bonds is 4. The van der Waals surface area contributed by atoms with Crippen LogP contribution >= 0.6 is 0 Å². The maximum atomic E-state index is 14.0. The first-order valence-electron chi connectivity index (χ1n) is 7.38. The summed E-state index contributed by atoms with van der Waals surface area (Å²) in [6, 6.07) is 20.5. The van der Waals surface area contributed by atoms with E-state index in [2.05, 4.69) is 0 Å². The molecule has 0 amide bonds. The topological polar surface area (TPSA) is 0 Å². The zero-order valence-electron chi connectivity index (χ0n) is 12.3. The van der Waals surface area contributed by atoms with Crippen LogP contribution < -0.4 is 0 Å². The first-order valence-corrected chi connectivity index (χ1v) is 7.38. The summed E-state index contributed by atoms with van der Waals surface area (Å²) in [7, 11) is 0. The molecule has 3 rings (SSSR count). The van der Waals surface area contributed by atoms with Gasteiger partial charge in [0.05, 0.1) is 0 Å². The van der Waals surface area contributed by atoms with Gasteiger partial charge in [-0.2, -0.15) is 0 Å². The lowest BCUT2D eigenvalue weighted by atomic mass is 9.85. The van der Waals surface area contributed by atoms with Gasteiger partial charge in [-0.05, 0) is 17.5 Å². The minimum Gasteiger partial charge on any atom is -0.207 e. The van der Waals surface area contributed by atoms with E-state index in [0.717, 1.165) is 23.3 Å². The van der Waals surface area contributed by atoms with Gasteiger partial charge in [0.2, 0.25) is 0 Å². The third-order valence-electron chi connectivity index (χ3n) is 3.92. The van der Waals surface area contributed by atoms with Crippen molar-refractivity contribution in [2.75, 3.05) is 0 Å². The van der Waals surface area contributed by atoms with Gasteiger partial charge >= 0.3 is 0 Å². The summed E-state index contributed by atoms with van der Waals surface area (Å²) < 4.78 is 41.2. The third-order valence-corrected chi connectivity index (χ3v) is 3.92. The number of benzene rings is 3. The van der Waals surface area contributed by atoms with Gasteiger partial charge in [0.25, 0.3) is 0 Å². The highest BCUT2D eigenvalue weighted by molar-refractivity contribution is 5.35. The average molecular weight is 312 g/mol. The van der Waals surface area contributed by atoms with Gasteiger partial charge in [-0.3, -0.25) is 0 Å². The second-order valence-corrected chi connectivity index (χ2v) is 5.43. The van der Waals surface area contributed by atoms with Crippen LogP contribution in [-0.4, -0.2) is 0 Å². The van der Waals surface area contributed by atoms with Crippen molar-refractivity contribution in [2.24, 2.45) is 0 Å². The van der Waals surface area contributed by atoms with E-state index in [9.17, 15) is 13.2 Å². The Morgan fingerprint density at radius 1 is 0.652 bits per heavy atom. The van der Waals surface area contributed by atoms with E-state index in [0.29, 0.717) is 0 Å². The van der Waals surface area contributed by atoms with E-state index in [1.165, 1.54) is 0 Å². The minimum atomic E-state index is -0.903. The smallest absolute Gasteiger partial charge is 0.132 e. The molecule has 0 aliphatic heterocycles. The fraction of sp³-hybridized carbons (Fsp3) is 0.100. The van der Waals surface area contributed by atoms with Crippen LogP contribution in [0.15, 0.2) is 72.8 Å². The highest BCUT2D eigenvalue weighted by Crippen LogP contribution is 2.30. The van der Waals surface area contributed by atoms with E-state index >= 15 is 0 Å². The first-order chi connectivity index (χ1) is 11.1. The lowest BCUT2D eigenvalue weighted by molar-refractivity contribution is 0.518. The Morgan fingerprint density at radius 2 is 1.09 bits per heavy atom. The van der Waals surface area contributed by atoms with Crippen molar-refractivity contribution in [3.63, 3.8) is 0 Å². The molecule has 23 heavy (non-hydrogen) atoms. The Kier molecular flexibility index (Phi) is 4.47. The molecule has 3 heteroatoms. The molecule has 0 spiro atoms. The zero-order chi connectivity index (χ0) is 16.2. The molecule has 0 bridgehead atoms. The number of halogens is 3. The maximum absolute atomic E-state index is 14.0. The van der Waals surface area contributed by atoms with E-state index < -0.39 is 17.5 Å². The summed E-state index contributed by atoms with van der Waals surface area (Å²) in [6.07, 6.45) is 0.131. The van der Waals surface area contributed by atoms with Gasteiger partial charge in [-0.15, -0.1) is 0 Å². The van der Waals surface area contributed by atoms with Gasteiger partial charge < -0.3 is 0 Å². The quantitative estimate of drug-likeness (QED) is 0.598. The van der Waals surface area contributed by atoms with Crippen molar-refractivity contribution in [2.45, 2.75) is 12.3 Å². The molecular weight excluding hydrogens is 297 g/mol. The van der Waals surface area contributed by atoms with Crippen LogP contribution in [0.4, 0.5) is 13.2 Å². The molecule has 0 fully saturated rings. The Morgan fingerprint density at radius 3 is 1.52 bits per heavy atom. The summed E-state index contributed by atoms with van der Waals surface area (Å²) in [5.41, 5.74) is 1.83. The van der Waals surface area contributed by atoms with Crippen LogP contribution in [0.25, 0.3) is 0 Å². The van der Waals surface area contributed by atoms with E-state index in [1.54, 1.807) is 0 Å². The Bertz CT molecular complexity index is 720. The average Bonchev–Trinajstić information content (AvgIpc) is 2.56. The van der Waals surface area contributed by atoms with Crippen molar-refractivity contribution >= 4 is 0 Å². The lowest BCUT2D eigenvalue weighted by Crippen LogP contribution is -2.08. The second kappa shape index (κ2) is 6.69. The normalized spacial score (nSPS) is 11.0. The second-order valence-electron chi connectivity index (χ2n) is 5.43. The molecule has 0 aliphatic rings. The Labute approximate surface area is 133 Å². The molecular formula is C20H15F3.